The fourth-order valence-electron chi connectivity index (χ4n) is 3.97. The predicted molar refractivity (Wildman–Crippen MR) is 126 cm³/mol. The molecule has 1 heterocycles. The van der Waals surface area contributed by atoms with Gasteiger partial charge in [-0.1, -0.05) is 44.2 Å². The molecule has 0 spiro atoms. The van der Waals surface area contributed by atoms with Crippen LogP contribution in [0.4, 0.5) is 5.69 Å². The first-order chi connectivity index (χ1) is 14.6. The molecule has 2 aromatic carbocycles. The Hall–Kier alpha value is -2.53. The van der Waals surface area contributed by atoms with Crippen molar-refractivity contribution in [1.29, 1.82) is 0 Å². The van der Waals surface area contributed by atoms with Crippen LogP contribution in [0, 0.1) is 5.92 Å². The largest absolute Gasteiger partial charge is 0.454 e. The zero-order valence-electron chi connectivity index (χ0n) is 17.8. The quantitative estimate of drug-likeness (QED) is 0.450. The van der Waals surface area contributed by atoms with Gasteiger partial charge in [0.05, 0.1) is 0 Å². The first kappa shape index (κ1) is 20.7. The highest BCUT2D eigenvalue weighted by Gasteiger charge is 2.20. The van der Waals surface area contributed by atoms with Crippen LogP contribution in [-0.4, -0.2) is 23.4 Å². The van der Waals surface area contributed by atoms with E-state index in [1.165, 1.54) is 17.5 Å². The van der Waals surface area contributed by atoms with E-state index in [0.29, 0.717) is 18.6 Å². The van der Waals surface area contributed by atoms with Crippen LogP contribution in [-0.2, 0) is 6.54 Å². The minimum Gasteiger partial charge on any atom is -0.454 e. The summed E-state index contributed by atoms with van der Waals surface area (Å²) in [6.45, 7) is 6.39. The first-order valence-electron chi connectivity index (χ1n) is 10.8. The first-order valence-corrected chi connectivity index (χ1v) is 11.2. The standard InChI is InChI=1S/C25H30N2O2S/c1-18(2)21-9-11-22(12-10-21)26-25(30)27(15-19-6-4-3-5-7-19)16-20-8-13-23-24(14-20)29-17-28-23/h3-4,8-14,18-19H,5-7,15-17H2,1-2H3,(H,26,30). The van der Waals surface area contributed by atoms with Gasteiger partial charge in [-0.25, -0.2) is 0 Å². The Bertz CT molecular complexity index is 908. The SMILES string of the molecule is CC(C)c1ccc(NC(=S)N(Cc2ccc3c(c2)OCO3)CC2CC=CCC2)cc1. The molecule has 158 valence electrons. The normalized spacial score (nSPS) is 17.2. The van der Waals surface area contributed by atoms with Gasteiger partial charge in [-0.15, -0.1) is 0 Å². The molecule has 0 amide bonds. The molecule has 4 nitrogen and oxygen atoms in total. The summed E-state index contributed by atoms with van der Waals surface area (Å²) in [7, 11) is 0. The van der Waals surface area contributed by atoms with Crippen molar-refractivity contribution in [1.82, 2.24) is 4.90 Å². The molecule has 1 unspecified atom stereocenters. The number of hydrogen-bond acceptors (Lipinski definition) is 3. The van der Waals surface area contributed by atoms with Gasteiger partial charge >= 0.3 is 0 Å². The maximum absolute atomic E-state index is 5.85. The van der Waals surface area contributed by atoms with Gasteiger partial charge in [0, 0.05) is 18.8 Å². The van der Waals surface area contributed by atoms with E-state index in [2.05, 4.69) is 72.6 Å². The van der Waals surface area contributed by atoms with Crippen LogP contribution in [0.25, 0.3) is 0 Å². The number of rotatable bonds is 6. The highest BCUT2D eigenvalue weighted by atomic mass is 32.1. The molecule has 0 saturated carbocycles. The number of ether oxygens (including phenoxy) is 2. The van der Waals surface area contributed by atoms with E-state index in [1.54, 1.807) is 0 Å². The smallest absolute Gasteiger partial charge is 0.231 e. The molecule has 1 N–H and O–H groups in total. The molecule has 0 aromatic heterocycles. The highest BCUT2D eigenvalue weighted by molar-refractivity contribution is 7.80. The molecular weight excluding hydrogens is 392 g/mol. The maximum Gasteiger partial charge on any atom is 0.231 e. The number of anilines is 1. The lowest BCUT2D eigenvalue weighted by Gasteiger charge is -2.31. The maximum atomic E-state index is 5.85. The van der Waals surface area contributed by atoms with E-state index < -0.39 is 0 Å². The summed E-state index contributed by atoms with van der Waals surface area (Å²) in [6.07, 6.45) is 8.06. The van der Waals surface area contributed by atoms with E-state index in [4.69, 9.17) is 21.7 Å². The lowest BCUT2D eigenvalue weighted by atomic mass is 9.94. The molecule has 0 fully saturated rings. The third kappa shape index (κ3) is 5.14. The second-order valence-corrected chi connectivity index (χ2v) is 8.81. The van der Waals surface area contributed by atoms with Crippen LogP contribution in [0.2, 0.25) is 0 Å². The summed E-state index contributed by atoms with van der Waals surface area (Å²) in [5, 5.41) is 4.22. The minimum absolute atomic E-state index is 0.295. The molecule has 5 heteroatoms. The molecule has 0 saturated heterocycles. The van der Waals surface area contributed by atoms with E-state index in [-0.39, 0.29) is 0 Å². The van der Waals surface area contributed by atoms with Crippen molar-refractivity contribution < 1.29 is 9.47 Å². The average Bonchev–Trinajstić information content (AvgIpc) is 3.22. The average molecular weight is 423 g/mol. The Labute approximate surface area is 184 Å². The third-order valence-electron chi connectivity index (χ3n) is 5.78. The molecule has 0 radical (unpaired) electrons. The molecule has 2 aliphatic rings. The van der Waals surface area contributed by atoms with Gasteiger partial charge in [0.2, 0.25) is 6.79 Å². The van der Waals surface area contributed by atoms with Crippen LogP contribution in [0.1, 0.15) is 50.2 Å². The van der Waals surface area contributed by atoms with Crippen LogP contribution in [0.5, 0.6) is 11.5 Å². The molecule has 2 aromatic rings. The van der Waals surface area contributed by atoms with E-state index in [9.17, 15) is 0 Å². The van der Waals surface area contributed by atoms with Gasteiger partial charge in [-0.2, -0.15) is 0 Å². The molecule has 30 heavy (non-hydrogen) atoms. The summed E-state index contributed by atoms with van der Waals surface area (Å²) < 4.78 is 11.0. The van der Waals surface area contributed by atoms with Crippen molar-refractivity contribution in [2.75, 3.05) is 18.7 Å². The van der Waals surface area contributed by atoms with Gasteiger partial charge in [0.15, 0.2) is 16.6 Å². The van der Waals surface area contributed by atoms with Crippen molar-refractivity contribution in [3.8, 4) is 11.5 Å². The molecule has 0 bridgehead atoms. The summed E-state index contributed by atoms with van der Waals surface area (Å²) in [5.74, 6) is 2.77. The van der Waals surface area contributed by atoms with Gasteiger partial charge in [-0.3, -0.25) is 0 Å². The van der Waals surface area contributed by atoms with Crippen LogP contribution >= 0.6 is 12.2 Å². The van der Waals surface area contributed by atoms with Gasteiger partial charge < -0.3 is 19.7 Å². The van der Waals surface area contributed by atoms with Crippen molar-refractivity contribution in [2.24, 2.45) is 5.92 Å². The summed E-state index contributed by atoms with van der Waals surface area (Å²) in [4.78, 5) is 2.28. The van der Waals surface area contributed by atoms with Gasteiger partial charge in [0.25, 0.3) is 0 Å². The monoisotopic (exact) mass is 422 g/mol. The zero-order valence-corrected chi connectivity index (χ0v) is 18.6. The third-order valence-corrected chi connectivity index (χ3v) is 6.14. The van der Waals surface area contributed by atoms with E-state index in [1.807, 2.05) is 6.07 Å². The predicted octanol–water partition coefficient (Wildman–Crippen LogP) is 6.09. The number of hydrogen-bond donors (Lipinski definition) is 1. The van der Waals surface area contributed by atoms with Crippen molar-refractivity contribution in [3.05, 3.63) is 65.7 Å². The van der Waals surface area contributed by atoms with Crippen LogP contribution in [0.3, 0.4) is 0 Å². The lowest BCUT2D eigenvalue weighted by Crippen LogP contribution is -2.38. The lowest BCUT2D eigenvalue weighted by molar-refractivity contribution is 0.174. The Morgan fingerprint density at radius 2 is 1.90 bits per heavy atom. The Kier molecular flexibility index (Phi) is 6.58. The number of thiocarbonyl (C=S) groups is 1. The fraction of sp³-hybridized carbons (Fsp3) is 0.400. The minimum atomic E-state index is 0.295. The summed E-state index contributed by atoms with van der Waals surface area (Å²) in [6, 6.07) is 14.7. The van der Waals surface area contributed by atoms with Crippen molar-refractivity contribution in [2.45, 2.75) is 45.6 Å². The number of benzene rings is 2. The van der Waals surface area contributed by atoms with Crippen molar-refractivity contribution in [3.63, 3.8) is 0 Å². The molecule has 4 rings (SSSR count). The number of allylic oxidation sites excluding steroid dienone is 2. The van der Waals surface area contributed by atoms with Gasteiger partial charge in [-0.05, 0) is 78.7 Å². The second-order valence-electron chi connectivity index (χ2n) is 8.43. The van der Waals surface area contributed by atoms with E-state index >= 15 is 0 Å². The van der Waals surface area contributed by atoms with Crippen LogP contribution < -0.4 is 14.8 Å². The topological polar surface area (TPSA) is 33.7 Å². The molecule has 1 atom stereocenters. The Morgan fingerprint density at radius 3 is 2.63 bits per heavy atom. The Balaban J connectivity index is 1.48. The Morgan fingerprint density at radius 1 is 1.10 bits per heavy atom. The fourth-order valence-corrected chi connectivity index (χ4v) is 4.22. The number of nitrogens with zero attached hydrogens (tertiary/aromatic N) is 1. The van der Waals surface area contributed by atoms with E-state index in [0.717, 1.165) is 48.2 Å². The van der Waals surface area contributed by atoms with Gasteiger partial charge in [0.1, 0.15) is 0 Å². The van der Waals surface area contributed by atoms with Crippen molar-refractivity contribution >= 4 is 23.0 Å². The number of nitrogens with one attached hydrogen (secondary N) is 1. The number of fused-ring (bicyclic) bond motifs is 1. The summed E-state index contributed by atoms with van der Waals surface area (Å²) >= 11 is 5.85. The molecule has 1 aliphatic heterocycles. The molecular formula is C25H30N2O2S. The van der Waals surface area contributed by atoms with Crippen LogP contribution in [0.15, 0.2) is 54.6 Å². The second kappa shape index (κ2) is 9.52. The summed E-state index contributed by atoms with van der Waals surface area (Å²) in [5.41, 5.74) is 3.53. The highest BCUT2D eigenvalue weighted by Crippen LogP contribution is 2.33. The molecule has 1 aliphatic carbocycles. The zero-order chi connectivity index (χ0) is 20.9.